The monoisotopic (exact) mass is 438 g/mol. The van der Waals surface area contributed by atoms with Gasteiger partial charge in [-0.05, 0) is 42.7 Å². The van der Waals surface area contributed by atoms with Gasteiger partial charge in [-0.2, -0.15) is 5.23 Å². The Morgan fingerprint density at radius 1 is 1.22 bits per heavy atom. The second-order valence-electron chi connectivity index (χ2n) is 8.68. The summed E-state index contributed by atoms with van der Waals surface area (Å²) in [6.45, 7) is 2.90. The fraction of sp³-hybridized carbons (Fsp3) is 0.391. The number of fused-ring (bicyclic) bond motifs is 5. The lowest BCUT2D eigenvalue weighted by atomic mass is 9.83. The summed E-state index contributed by atoms with van der Waals surface area (Å²) >= 11 is 0. The molecule has 1 aromatic carbocycles. The third-order valence-electron chi connectivity index (χ3n) is 6.68. The van der Waals surface area contributed by atoms with Crippen molar-refractivity contribution in [3.8, 4) is 0 Å². The lowest BCUT2D eigenvalue weighted by molar-refractivity contribution is -0.992. The van der Waals surface area contributed by atoms with Crippen LogP contribution in [0.15, 0.2) is 47.4 Å². The Hall–Kier alpha value is -2.98. The van der Waals surface area contributed by atoms with Crippen LogP contribution in [0.3, 0.4) is 0 Å². The van der Waals surface area contributed by atoms with Crippen LogP contribution in [0.1, 0.15) is 28.4 Å². The normalized spacial score (nSPS) is 20.9. The molecule has 9 heteroatoms. The van der Waals surface area contributed by atoms with E-state index in [9.17, 15) is 20.0 Å². The molecule has 4 heterocycles. The van der Waals surface area contributed by atoms with Crippen molar-refractivity contribution < 1.29 is 20.0 Å². The van der Waals surface area contributed by atoms with E-state index in [0.717, 1.165) is 29.6 Å². The predicted molar refractivity (Wildman–Crippen MR) is 117 cm³/mol. The summed E-state index contributed by atoms with van der Waals surface area (Å²) in [5.41, 5.74) is 1.89. The predicted octanol–water partition coefficient (Wildman–Crippen LogP) is 1.11. The van der Waals surface area contributed by atoms with E-state index in [0.29, 0.717) is 31.8 Å². The van der Waals surface area contributed by atoms with Gasteiger partial charge in [0.2, 0.25) is 5.69 Å². The lowest BCUT2D eigenvalue weighted by Gasteiger charge is -2.42. The van der Waals surface area contributed by atoms with E-state index in [1.54, 1.807) is 17.7 Å². The molecule has 0 aliphatic carbocycles. The first-order valence-electron chi connectivity index (χ1n) is 10.8. The molecule has 3 atom stereocenters. The summed E-state index contributed by atoms with van der Waals surface area (Å²) in [6, 6.07) is 10.9. The van der Waals surface area contributed by atoms with E-state index in [-0.39, 0.29) is 23.4 Å². The number of aromatic nitrogens is 2. The molecule has 2 N–H and O–H groups in total. The van der Waals surface area contributed by atoms with Crippen LogP contribution < -0.4 is 10.8 Å². The van der Waals surface area contributed by atoms with Crippen LogP contribution in [0.25, 0.3) is 10.9 Å². The smallest absolute Gasteiger partial charge is 0.315 e. The van der Waals surface area contributed by atoms with Crippen LogP contribution in [-0.4, -0.2) is 52.0 Å². The molecule has 3 aromatic rings. The number of nitrogens with one attached hydrogen (secondary N) is 1. The van der Waals surface area contributed by atoms with Gasteiger partial charge in [0.05, 0.1) is 6.61 Å². The highest BCUT2D eigenvalue weighted by Gasteiger charge is 2.37. The van der Waals surface area contributed by atoms with E-state index in [2.05, 4.69) is 4.57 Å². The van der Waals surface area contributed by atoms with Crippen molar-refractivity contribution in [3.63, 3.8) is 0 Å². The highest BCUT2D eigenvalue weighted by Crippen LogP contribution is 2.36. The number of hydrogen-bond donors (Lipinski definition) is 2. The van der Waals surface area contributed by atoms with Gasteiger partial charge in [0.1, 0.15) is 0 Å². The van der Waals surface area contributed by atoms with Crippen LogP contribution in [-0.2, 0) is 17.8 Å². The van der Waals surface area contributed by atoms with E-state index < -0.39 is 10.8 Å². The molecule has 9 nitrogen and oxygen atoms in total. The molecule has 1 amide bonds. The summed E-state index contributed by atoms with van der Waals surface area (Å²) in [6.07, 6.45) is 2.90. The van der Waals surface area contributed by atoms with Crippen molar-refractivity contribution >= 4 is 22.5 Å². The first kappa shape index (κ1) is 20.9. The topological polar surface area (TPSA) is 104 Å². The molecule has 5 rings (SSSR count). The van der Waals surface area contributed by atoms with E-state index in [4.69, 9.17) is 4.74 Å². The maximum atomic E-state index is 13.3. The number of hydrogen-bond acceptors (Lipinski definition) is 5. The van der Waals surface area contributed by atoms with Gasteiger partial charge >= 0.3 is 5.56 Å². The first-order valence-corrected chi connectivity index (χ1v) is 10.8. The second kappa shape index (κ2) is 8.18. The van der Waals surface area contributed by atoms with Gasteiger partial charge in [-0.15, -0.1) is 0 Å². The summed E-state index contributed by atoms with van der Waals surface area (Å²) in [4.78, 5) is 27.8. The number of piperidine rings is 1. The molecule has 0 radical (unpaired) electrons. The molecule has 32 heavy (non-hydrogen) atoms. The SMILES string of the molecule is COCCn1ccc2cc(C(=O)N3CC4CC(C3)c3ccc([NH+]([O-])O)c(=O)n3C4)ccc21. The maximum Gasteiger partial charge on any atom is 0.315 e. The number of pyridine rings is 1. The third-order valence-corrected chi connectivity index (χ3v) is 6.68. The Balaban J connectivity index is 1.39. The fourth-order valence-corrected chi connectivity index (χ4v) is 5.17. The second-order valence-corrected chi connectivity index (χ2v) is 8.68. The number of carbonyl (C=O) groups is 1. The van der Waals surface area contributed by atoms with Gasteiger partial charge in [0, 0.05) is 73.6 Å². The summed E-state index contributed by atoms with van der Waals surface area (Å²) in [5, 5.41) is 20.4. The number of carbonyl (C=O) groups excluding carboxylic acids is 1. The zero-order chi connectivity index (χ0) is 22.4. The summed E-state index contributed by atoms with van der Waals surface area (Å²) < 4.78 is 8.87. The Labute approximate surface area is 184 Å². The van der Waals surface area contributed by atoms with Crippen molar-refractivity contribution in [2.24, 2.45) is 5.92 Å². The number of likely N-dealkylation sites (tertiary alicyclic amines) is 1. The fourth-order valence-electron chi connectivity index (χ4n) is 5.17. The molecule has 0 spiro atoms. The summed E-state index contributed by atoms with van der Waals surface area (Å²) in [5.74, 6) is 0.149. The molecule has 0 saturated carbocycles. The molecule has 168 valence electrons. The van der Waals surface area contributed by atoms with Crippen LogP contribution >= 0.6 is 0 Å². The van der Waals surface area contributed by atoms with E-state index in [1.807, 2.05) is 35.4 Å². The number of rotatable bonds is 5. The van der Waals surface area contributed by atoms with Gasteiger partial charge in [-0.1, -0.05) is 0 Å². The third kappa shape index (κ3) is 3.53. The number of amides is 1. The molecule has 2 aliphatic rings. The summed E-state index contributed by atoms with van der Waals surface area (Å²) in [7, 11) is 1.68. The number of quaternary nitrogens is 1. The lowest BCUT2D eigenvalue weighted by Crippen LogP contribution is -3.00. The van der Waals surface area contributed by atoms with Crippen molar-refractivity contribution in [2.75, 3.05) is 26.8 Å². The molecular weight excluding hydrogens is 412 g/mol. The maximum absolute atomic E-state index is 13.3. The largest absolute Gasteiger partial charge is 0.595 e. The molecule has 1 saturated heterocycles. The van der Waals surface area contributed by atoms with Crippen molar-refractivity contribution in [2.45, 2.75) is 25.4 Å². The number of methoxy groups -OCH3 is 1. The Bertz CT molecular complexity index is 1230. The van der Waals surface area contributed by atoms with Crippen LogP contribution in [0.4, 0.5) is 5.69 Å². The molecule has 1 fully saturated rings. The Kier molecular flexibility index (Phi) is 5.34. The van der Waals surface area contributed by atoms with Crippen molar-refractivity contribution in [3.05, 3.63) is 69.4 Å². The number of nitrogens with zero attached hydrogens (tertiary/aromatic N) is 3. The van der Waals surface area contributed by atoms with Gasteiger partial charge in [0.15, 0.2) is 0 Å². The van der Waals surface area contributed by atoms with Gasteiger partial charge in [-0.3, -0.25) is 9.59 Å². The van der Waals surface area contributed by atoms with Gasteiger partial charge < -0.3 is 24.0 Å². The quantitative estimate of drug-likeness (QED) is 0.581. The van der Waals surface area contributed by atoms with E-state index in [1.165, 1.54) is 6.07 Å². The number of ether oxygens (including phenoxy) is 1. The minimum atomic E-state index is -1.20. The minimum absolute atomic E-state index is 0.0100. The molecular formula is C23H26N4O5. The van der Waals surface area contributed by atoms with Crippen LogP contribution in [0.5, 0.6) is 0 Å². The molecule has 2 bridgehead atoms. The van der Waals surface area contributed by atoms with Crippen LogP contribution in [0.2, 0.25) is 0 Å². The highest BCUT2D eigenvalue weighted by molar-refractivity contribution is 5.98. The Morgan fingerprint density at radius 3 is 2.84 bits per heavy atom. The molecule has 2 aliphatic heterocycles. The zero-order valence-corrected chi connectivity index (χ0v) is 17.9. The van der Waals surface area contributed by atoms with Gasteiger partial charge in [-0.25, -0.2) is 5.21 Å². The van der Waals surface area contributed by atoms with E-state index >= 15 is 0 Å². The highest BCUT2D eigenvalue weighted by atomic mass is 16.8. The first-order chi connectivity index (χ1) is 15.5. The molecule has 2 aromatic heterocycles. The average Bonchev–Trinajstić information content (AvgIpc) is 3.19. The van der Waals surface area contributed by atoms with Crippen LogP contribution in [0, 0.1) is 11.1 Å². The minimum Gasteiger partial charge on any atom is -0.595 e. The van der Waals surface area contributed by atoms with Crippen molar-refractivity contribution in [1.82, 2.24) is 14.0 Å². The standard InChI is InChI=1S/C23H26N4O5/c1-32-9-8-24-7-6-16-11-17(2-3-19(16)24)22(28)25-12-15-10-18(14-25)20-4-5-21(27(30)31)23(29)26(20)13-15/h2-7,11,15,18,27,30H,8-10,12-14H2,1H3. The van der Waals surface area contributed by atoms with Crippen molar-refractivity contribution in [1.29, 1.82) is 0 Å². The average molecular weight is 438 g/mol. The van der Waals surface area contributed by atoms with Gasteiger partial charge in [0.25, 0.3) is 5.91 Å². The number of benzene rings is 1. The zero-order valence-electron chi connectivity index (χ0n) is 17.9. The molecule has 3 unspecified atom stereocenters. The Morgan fingerprint density at radius 2 is 2.06 bits per heavy atom.